The van der Waals surface area contributed by atoms with Crippen LogP contribution in [-0.2, 0) is 16.1 Å². The second-order valence-electron chi connectivity index (χ2n) is 7.05. The first-order chi connectivity index (χ1) is 11.8. The number of ether oxygens (including phenoxy) is 1. The minimum Gasteiger partial charge on any atom is -0.468 e. The van der Waals surface area contributed by atoms with Crippen LogP contribution < -0.4 is 0 Å². The highest BCUT2D eigenvalue weighted by Crippen LogP contribution is 2.23. The van der Waals surface area contributed by atoms with Crippen LogP contribution in [0.15, 0.2) is 22.8 Å². The first kappa shape index (κ1) is 17.5. The largest absolute Gasteiger partial charge is 0.468 e. The van der Waals surface area contributed by atoms with Crippen molar-refractivity contribution in [1.82, 2.24) is 9.80 Å². The summed E-state index contributed by atoms with van der Waals surface area (Å²) in [6.07, 6.45) is 7.06. The second kappa shape index (κ2) is 8.67. The summed E-state index contributed by atoms with van der Waals surface area (Å²) >= 11 is 0. The molecular formula is C19H30N2O3. The van der Waals surface area contributed by atoms with Gasteiger partial charge in [-0.15, -0.1) is 0 Å². The molecule has 134 valence electrons. The smallest absolute Gasteiger partial charge is 0.225 e. The van der Waals surface area contributed by atoms with E-state index in [0.717, 1.165) is 77.2 Å². The molecule has 1 aromatic rings. The van der Waals surface area contributed by atoms with Gasteiger partial charge in [0.2, 0.25) is 5.91 Å². The van der Waals surface area contributed by atoms with E-state index in [0.29, 0.717) is 5.91 Å². The van der Waals surface area contributed by atoms with Gasteiger partial charge >= 0.3 is 0 Å². The van der Waals surface area contributed by atoms with Gasteiger partial charge in [-0.05, 0) is 57.3 Å². The lowest BCUT2D eigenvalue weighted by molar-refractivity contribution is -0.141. The van der Waals surface area contributed by atoms with Crippen molar-refractivity contribution in [3.8, 4) is 0 Å². The number of hydrogen-bond acceptors (Lipinski definition) is 4. The Balaban J connectivity index is 1.44. The highest BCUT2D eigenvalue weighted by atomic mass is 16.5. The molecule has 5 nitrogen and oxygen atoms in total. The van der Waals surface area contributed by atoms with Crippen molar-refractivity contribution in [2.75, 3.05) is 32.8 Å². The minimum absolute atomic E-state index is 0.183. The molecule has 2 aliphatic rings. The molecule has 0 bridgehead atoms. The van der Waals surface area contributed by atoms with Gasteiger partial charge in [0.1, 0.15) is 5.76 Å². The lowest BCUT2D eigenvalue weighted by Crippen LogP contribution is -2.48. The van der Waals surface area contributed by atoms with Crippen LogP contribution in [0.25, 0.3) is 0 Å². The highest BCUT2D eigenvalue weighted by molar-refractivity contribution is 5.79. The Morgan fingerprint density at radius 1 is 1.29 bits per heavy atom. The molecule has 1 unspecified atom stereocenters. The molecule has 2 saturated heterocycles. The van der Waals surface area contributed by atoms with Gasteiger partial charge in [-0.1, -0.05) is 6.92 Å². The summed E-state index contributed by atoms with van der Waals surface area (Å²) in [5.41, 5.74) is 0. The number of likely N-dealkylation sites (tertiary alicyclic amines) is 2. The zero-order chi connectivity index (χ0) is 16.8. The standard InChI is InChI=1S/C19H30N2O3/c1-2-12-23-18-5-3-9-21(15-18)19(22)16-7-10-20(11-8-16)14-17-6-4-13-24-17/h4,6,13,16,18H,2-3,5,7-12,14-15H2,1H3. The van der Waals surface area contributed by atoms with Gasteiger partial charge in [0.25, 0.3) is 0 Å². The Labute approximate surface area is 144 Å². The third kappa shape index (κ3) is 4.61. The van der Waals surface area contributed by atoms with E-state index < -0.39 is 0 Å². The van der Waals surface area contributed by atoms with Gasteiger partial charge in [0.15, 0.2) is 0 Å². The Bertz CT molecular complexity index is 495. The highest BCUT2D eigenvalue weighted by Gasteiger charge is 2.31. The number of hydrogen-bond donors (Lipinski definition) is 0. The van der Waals surface area contributed by atoms with Gasteiger partial charge in [0.05, 0.1) is 18.9 Å². The van der Waals surface area contributed by atoms with Crippen LogP contribution in [-0.4, -0.2) is 54.6 Å². The predicted molar refractivity (Wildman–Crippen MR) is 92.6 cm³/mol. The van der Waals surface area contributed by atoms with Gasteiger partial charge in [-0.2, -0.15) is 0 Å². The number of carbonyl (C=O) groups is 1. The van der Waals surface area contributed by atoms with Crippen molar-refractivity contribution in [3.05, 3.63) is 24.2 Å². The molecule has 0 saturated carbocycles. The minimum atomic E-state index is 0.183. The average Bonchev–Trinajstić information content (AvgIpc) is 3.13. The summed E-state index contributed by atoms with van der Waals surface area (Å²) in [5.74, 6) is 1.53. The molecule has 24 heavy (non-hydrogen) atoms. The molecule has 3 rings (SSSR count). The maximum absolute atomic E-state index is 12.8. The molecular weight excluding hydrogens is 304 g/mol. The normalized spacial score (nSPS) is 23.5. The zero-order valence-corrected chi connectivity index (χ0v) is 14.8. The molecule has 0 aromatic carbocycles. The second-order valence-corrected chi connectivity index (χ2v) is 7.05. The van der Waals surface area contributed by atoms with Crippen molar-refractivity contribution < 1.29 is 13.9 Å². The monoisotopic (exact) mass is 334 g/mol. The fraction of sp³-hybridized carbons (Fsp3) is 0.737. The fourth-order valence-electron chi connectivity index (χ4n) is 3.78. The van der Waals surface area contributed by atoms with Crippen LogP contribution in [0.3, 0.4) is 0 Å². The maximum Gasteiger partial charge on any atom is 0.225 e. The Morgan fingerprint density at radius 3 is 2.83 bits per heavy atom. The Morgan fingerprint density at radius 2 is 2.12 bits per heavy atom. The van der Waals surface area contributed by atoms with E-state index in [-0.39, 0.29) is 12.0 Å². The van der Waals surface area contributed by atoms with Gasteiger partial charge < -0.3 is 14.1 Å². The van der Waals surface area contributed by atoms with Gasteiger partial charge in [-0.25, -0.2) is 0 Å². The lowest BCUT2D eigenvalue weighted by Gasteiger charge is -2.37. The molecule has 0 spiro atoms. The summed E-state index contributed by atoms with van der Waals surface area (Å²) in [7, 11) is 0. The first-order valence-electron chi connectivity index (χ1n) is 9.41. The van der Waals surface area contributed by atoms with Crippen LogP contribution in [0, 0.1) is 5.92 Å². The number of piperidine rings is 2. The number of amides is 1. The van der Waals surface area contributed by atoms with E-state index in [2.05, 4.69) is 16.7 Å². The van der Waals surface area contributed by atoms with Crippen LogP contribution in [0.5, 0.6) is 0 Å². The molecule has 2 aliphatic heterocycles. The van der Waals surface area contributed by atoms with Crippen molar-refractivity contribution >= 4 is 5.91 Å². The van der Waals surface area contributed by atoms with E-state index in [9.17, 15) is 4.79 Å². The first-order valence-corrected chi connectivity index (χ1v) is 9.41. The van der Waals surface area contributed by atoms with Crippen molar-refractivity contribution in [2.24, 2.45) is 5.92 Å². The van der Waals surface area contributed by atoms with E-state index >= 15 is 0 Å². The topological polar surface area (TPSA) is 45.9 Å². The third-order valence-electron chi connectivity index (χ3n) is 5.14. The molecule has 2 fully saturated rings. The molecule has 1 aromatic heterocycles. The van der Waals surface area contributed by atoms with E-state index in [1.165, 1.54) is 0 Å². The summed E-state index contributed by atoms with van der Waals surface area (Å²) in [4.78, 5) is 17.3. The predicted octanol–water partition coefficient (Wildman–Crippen LogP) is 2.91. The molecule has 0 radical (unpaired) electrons. The van der Waals surface area contributed by atoms with E-state index in [1.54, 1.807) is 6.26 Å². The number of carbonyl (C=O) groups excluding carboxylic acids is 1. The molecule has 5 heteroatoms. The maximum atomic E-state index is 12.8. The third-order valence-corrected chi connectivity index (χ3v) is 5.14. The van der Waals surface area contributed by atoms with Crippen LogP contribution in [0.2, 0.25) is 0 Å². The van der Waals surface area contributed by atoms with E-state index in [4.69, 9.17) is 9.15 Å². The van der Waals surface area contributed by atoms with Crippen LogP contribution >= 0.6 is 0 Å². The number of rotatable bonds is 6. The summed E-state index contributed by atoms with van der Waals surface area (Å²) in [6.45, 7) is 7.41. The summed E-state index contributed by atoms with van der Waals surface area (Å²) in [5, 5.41) is 0. The van der Waals surface area contributed by atoms with E-state index in [1.807, 2.05) is 12.1 Å². The average molecular weight is 334 g/mol. The van der Waals surface area contributed by atoms with Crippen molar-refractivity contribution in [3.63, 3.8) is 0 Å². The molecule has 0 aliphatic carbocycles. The molecule has 3 heterocycles. The molecule has 0 N–H and O–H groups in total. The van der Waals surface area contributed by atoms with Crippen LogP contribution in [0.4, 0.5) is 0 Å². The van der Waals surface area contributed by atoms with Crippen LogP contribution in [0.1, 0.15) is 44.8 Å². The SMILES string of the molecule is CCCOC1CCCN(C(=O)C2CCN(Cc3ccco3)CC2)C1. The fourth-order valence-corrected chi connectivity index (χ4v) is 3.78. The van der Waals surface area contributed by atoms with Gasteiger partial charge in [0, 0.05) is 25.6 Å². The zero-order valence-electron chi connectivity index (χ0n) is 14.8. The Kier molecular flexibility index (Phi) is 6.32. The lowest BCUT2D eigenvalue weighted by atomic mass is 9.94. The molecule has 1 atom stereocenters. The quantitative estimate of drug-likeness (QED) is 0.802. The Hall–Kier alpha value is -1.33. The number of furan rings is 1. The summed E-state index contributed by atoms with van der Waals surface area (Å²) < 4.78 is 11.3. The molecule has 1 amide bonds. The van der Waals surface area contributed by atoms with Gasteiger partial charge in [-0.3, -0.25) is 9.69 Å². The van der Waals surface area contributed by atoms with Crippen molar-refractivity contribution in [2.45, 2.75) is 51.7 Å². The number of nitrogens with zero attached hydrogens (tertiary/aromatic N) is 2. The summed E-state index contributed by atoms with van der Waals surface area (Å²) in [6, 6.07) is 3.94. The van der Waals surface area contributed by atoms with Crippen molar-refractivity contribution in [1.29, 1.82) is 0 Å².